The maximum Gasteiger partial charge on any atom is 0.270 e. The number of benzene rings is 2. The number of nitrogens with zero attached hydrogens (tertiary/aromatic N) is 2. The van der Waals surface area contributed by atoms with Gasteiger partial charge < -0.3 is 15.7 Å². The average Bonchev–Trinajstić information content (AvgIpc) is 3.49. The summed E-state index contributed by atoms with van der Waals surface area (Å²) in [6.07, 6.45) is 8.18. The van der Waals surface area contributed by atoms with Crippen molar-refractivity contribution in [2.24, 2.45) is 5.92 Å². The number of nitrogens with one attached hydrogen (secondary N) is 3. The van der Waals surface area contributed by atoms with Crippen LogP contribution in [0.5, 0.6) is 0 Å². The maximum atomic E-state index is 11.0. The Morgan fingerprint density at radius 1 is 1.12 bits per heavy atom. The van der Waals surface area contributed by atoms with Gasteiger partial charge in [-0.05, 0) is 24.1 Å². The number of aromatic nitrogens is 2. The van der Waals surface area contributed by atoms with E-state index in [1.807, 2.05) is 49.5 Å². The van der Waals surface area contributed by atoms with Crippen LogP contribution in [-0.2, 0) is 0 Å². The number of thioether (sulfide) groups is 1. The Kier molecular flexibility index (Phi) is 5.73. The molecule has 0 fully saturated rings. The Bertz CT molecular complexity index is 1400. The number of allylic oxidation sites excluding steroid dienone is 4. The van der Waals surface area contributed by atoms with Crippen LogP contribution in [-0.4, -0.2) is 20.6 Å². The second-order valence-corrected chi connectivity index (χ2v) is 9.06. The van der Waals surface area contributed by atoms with Crippen LogP contribution in [0.3, 0.4) is 0 Å². The topological polar surface area (TPSA) is 108 Å². The maximum absolute atomic E-state index is 11.0. The van der Waals surface area contributed by atoms with E-state index in [0.29, 0.717) is 0 Å². The Morgan fingerprint density at radius 2 is 1.88 bits per heavy atom. The van der Waals surface area contributed by atoms with Crippen molar-refractivity contribution in [2.75, 3.05) is 0 Å². The third-order valence-corrected chi connectivity index (χ3v) is 6.64. The second-order valence-electron chi connectivity index (χ2n) is 8.01. The Hall–Kier alpha value is -4.17. The fourth-order valence-corrected chi connectivity index (χ4v) is 4.82. The summed E-state index contributed by atoms with van der Waals surface area (Å²) in [5.74, 6) is 0.397. The molecular formula is C26H21N5O2S. The summed E-state index contributed by atoms with van der Waals surface area (Å²) in [6, 6.07) is 18.3. The third kappa shape index (κ3) is 4.35. The van der Waals surface area contributed by atoms with E-state index in [2.05, 4.69) is 39.6 Å². The van der Waals surface area contributed by atoms with Crippen LogP contribution in [0.2, 0.25) is 0 Å². The molecule has 2 heterocycles. The molecule has 1 aromatic heterocycles. The molecule has 168 valence electrons. The van der Waals surface area contributed by atoms with E-state index < -0.39 is 4.92 Å². The summed E-state index contributed by atoms with van der Waals surface area (Å²) < 4.78 is 0. The normalized spacial score (nSPS) is 18.9. The van der Waals surface area contributed by atoms with Gasteiger partial charge in [0.15, 0.2) is 0 Å². The van der Waals surface area contributed by atoms with Crippen LogP contribution in [0.15, 0.2) is 95.8 Å². The molecule has 5 rings (SSSR count). The van der Waals surface area contributed by atoms with E-state index >= 15 is 0 Å². The van der Waals surface area contributed by atoms with Crippen molar-refractivity contribution in [1.29, 1.82) is 5.41 Å². The molecule has 34 heavy (non-hydrogen) atoms. The van der Waals surface area contributed by atoms with Gasteiger partial charge in [-0.2, -0.15) is 0 Å². The lowest BCUT2D eigenvalue weighted by Gasteiger charge is -2.12. The smallest absolute Gasteiger partial charge is 0.270 e. The number of imidazole rings is 1. The zero-order valence-electron chi connectivity index (χ0n) is 18.3. The molecule has 2 aliphatic rings. The minimum Gasteiger partial charge on any atom is -0.349 e. The zero-order chi connectivity index (χ0) is 23.7. The quantitative estimate of drug-likeness (QED) is 0.327. The number of hydrogen-bond acceptors (Lipinski definition) is 6. The van der Waals surface area contributed by atoms with Crippen LogP contribution < -0.4 is 5.32 Å². The van der Waals surface area contributed by atoms with Crippen LogP contribution in [0.4, 0.5) is 0 Å². The Balaban J connectivity index is 1.48. The molecule has 0 amide bonds. The first-order valence-electron chi connectivity index (χ1n) is 10.7. The highest BCUT2D eigenvalue weighted by Crippen LogP contribution is 2.44. The van der Waals surface area contributed by atoms with Crippen molar-refractivity contribution in [2.45, 2.75) is 6.92 Å². The van der Waals surface area contributed by atoms with E-state index in [1.165, 1.54) is 29.5 Å². The lowest BCUT2D eigenvalue weighted by molar-refractivity contribution is -0.419. The molecule has 1 atom stereocenters. The molecule has 0 bridgehead atoms. The van der Waals surface area contributed by atoms with Crippen molar-refractivity contribution < 1.29 is 4.92 Å². The monoisotopic (exact) mass is 467 g/mol. The molecule has 3 N–H and O–H groups in total. The highest BCUT2D eigenvalue weighted by molar-refractivity contribution is 8.12. The van der Waals surface area contributed by atoms with E-state index in [-0.39, 0.29) is 17.3 Å². The van der Waals surface area contributed by atoms with E-state index in [1.54, 1.807) is 6.08 Å². The van der Waals surface area contributed by atoms with Gasteiger partial charge in [0.05, 0.1) is 32.4 Å². The fraction of sp³-hybridized carbons (Fsp3) is 0.0769. The van der Waals surface area contributed by atoms with E-state index in [0.717, 1.165) is 38.3 Å². The molecule has 1 unspecified atom stereocenters. The van der Waals surface area contributed by atoms with Gasteiger partial charge in [-0.25, -0.2) is 4.98 Å². The Morgan fingerprint density at radius 3 is 2.59 bits per heavy atom. The van der Waals surface area contributed by atoms with Crippen LogP contribution in [0, 0.1) is 28.4 Å². The van der Waals surface area contributed by atoms with Crippen LogP contribution in [0.25, 0.3) is 21.9 Å². The summed E-state index contributed by atoms with van der Waals surface area (Å²) in [6.45, 7) is 2.05. The molecule has 1 aliphatic heterocycles. The summed E-state index contributed by atoms with van der Waals surface area (Å²) in [4.78, 5) is 19.6. The fourth-order valence-electron chi connectivity index (χ4n) is 3.76. The summed E-state index contributed by atoms with van der Waals surface area (Å²) in [5, 5.41) is 23.6. The van der Waals surface area contributed by atoms with Crippen LogP contribution >= 0.6 is 11.8 Å². The van der Waals surface area contributed by atoms with E-state index in [9.17, 15) is 10.1 Å². The lowest BCUT2D eigenvalue weighted by atomic mass is 9.97. The largest absolute Gasteiger partial charge is 0.349 e. The van der Waals surface area contributed by atoms with Crippen molar-refractivity contribution in [1.82, 2.24) is 15.3 Å². The van der Waals surface area contributed by atoms with E-state index in [4.69, 9.17) is 5.41 Å². The molecule has 2 aromatic carbocycles. The van der Waals surface area contributed by atoms with Gasteiger partial charge in [0, 0.05) is 23.8 Å². The van der Waals surface area contributed by atoms with Crippen molar-refractivity contribution in [3.05, 3.63) is 123 Å². The van der Waals surface area contributed by atoms with Crippen molar-refractivity contribution in [3.8, 4) is 11.3 Å². The molecule has 7 nitrogen and oxygen atoms in total. The van der Waals surface area contributed by atoms with Gasteiger partial charge in [-0.15, -0.1) is 0 Å². The average molecular weight is 468 g/mol. The second kappa shape index (κ2) is 8.99. The minimum absolute atomic E-state index is 0.0742. The third-order valence-electron chi connectivity index (χ3n) is 5.58. The molecule has 0 saturated heterocycles. The molecule has 8 heteroatoms. The molecule has 3 aromatic rings. The number of nitro groups is 1. The molecule has 0 saturated carbocycles. The Labute approximate surface area is 200 Å². The SMILES string of the molecule is Cc1ccc(C2=C(c3ncc(-c4ccccc4)[nH]3)SC(=CC3C=CC([N+](=O)[O-])=CC3=N)N2)cc1. The van der Waals surface area contributed by atoms with Gasteiger partial charge in [-0.1, -0.05) is 78.0 Å². The van der Waals surface area contributed by atoms with Gasteiger partial charge in [-0.3, -0.25) is 10.1 Å². The highest BCUT2D eigenvalue weighted by Gasteiger charge is 2.26. The first-order chi connectivity index (χ1) is 16.5. The number of aromatic amines is 1. The van der Waals surface area contributed by atoms with Crippen molar-refractivity contribution >= 4 is 28.1 Å². The van der Waals surface area contributed by atoms with Gasteiger partial charge in [0.25, 0.3) is 5.70 Å². The summed E-state index contributed by atoms with van der Waals surface area (Å²) >= 11 is 1.53. The zero-order valence-corrected chi connectivity index (χ0v) is 19.1. The molecular weight excluding hydrogens is 446 g/mol. The molecule has 0 spiro atoms. The molecule has 0 radical (unpaired) electrons. The number of aryl methyl sites for hydroxylation is 1. The predicted molar refractivity (Wildman–Crippen MR) is 136 cm³/mol. The number of hydrogen-bond donors (Lipinski definition) is 3. The first-order valence-corrected chi connectivity index (χ1v) is 11.5. The highest BCUT2D eigenvalue weighted by atomic mass is 32.2. The summed E-state index contributed by atoms with van der Waals surface area (Å²) in [7, 11) is 0. The standard InChI is InChI=1S/C26H21N5O2S/c1-16-7-9-18(10-8-16)24-25(26-28-15-22(29-26)17-5-3-2-4-6-17)34-23(30-24)13-19-11-12-20(31(32)33)14-21(19)27/h2-15,19,27,30H,1H3,(H,28,29). The van der Waals surface area contributed by atoms with Gasteiger partial charge >= 0.3 is 0 Å². The number of H-pyrrole nitrogens is 1. The lowest BCUT2D eigenvalue weighted by Crippen LogP contribution is -2.15. The number of rotatable bonds is 5. The first kappa shape index (κ1) is 21.7. The van der Waals surface area contributed by atoms with Gasteiger partial charge in [0.1, 0.15) is 5.82 Å². The van der Waals surface area contributed by atoms with Crippen molar-refractivity contribution in [3.63, 3.8) is 0 Å². The minimum atomic E-state index is -0.479. The van der Waals surface area contributed by atoms with Gasteiger partial charge in [0.2, 0.25) is 0 Å². The predicted octanol–water partition coefficient (Wildman–Crippen LogP) is 5.76. The van der Waals surface area contributed by atoms with Crippen LogP contribution in [0.1, 0.15) is 17.0 Å². The molecule has 1 aliphatic carbocycles. The summed E-state index contributed by atoms with van der Waals surface area (Å²) in [5.41, 5.74) is 5.22.